The number of rotatable bonds is 7. The molecule has 1 aromatic rings. The van der Waals surface area contributed by atoms with Crippen LogP contribution in [0.5, 0.6) is 0 Å². The molecule has 2 rings (SSSR count). The normalized spacial score (nSPS) is 14.6. The van der Waals surface area contributed by atoms with E-state index in [1.54, 1.807) is 6.92 Å². The van der Waals surface area contributed by atoms with E-state index in [0.717, 1.165) is 22.5 Å². The Morgan fingerprint density at radius 3 is 3.00 bits per heavy atom. The highest BCUT2D eigenvalue weighted by Crippen LogP contribution is 2.33. The fraction of sp³-hybridized carbons (Fsp3) is 0.692. The first-order valence-electron chi connectivity index (χ1n) is 6.59. The number of aromatic nitrogens is 1. The fourth-order valence-electron chi connectivity index (χ4n) is 1.85. The van der Waals surface area contributed by atoms with Gasteiger partial charge in [0.05, 0.1) is 6.61 Å². The lowest BCUT2D eigenvalue weighted by Crippen LogP contribution is -2.07. The molecule has 0 radical (unpaired) electrons. The van der Waals surface area contributed by atoms with Crippen molar-refractivity contribution >= 4 is 22.4 Å². The molecule has 0 aliphatic heterocycles. The lowest BCUT2D eigenvalue weighted by molar-refractivity contribution is 0.0519. The zero-order valence-corrected chi connectivity index (χ0v) is 11.8. The molecular weight excluding hydrogens is 248 g/mol. The average Bonchev–Trinajstić information content (AvgIpc) is 3.08. The maximum Gasteiger partial charge on any atom is 0.358 e. The van der Waals surface area contributed by atoms with Crippen molar-refractivity contribution in [1.82, 2.24) is 4.98 Å². The molecular formula is C13H20N2O2S. The third kappa shape index (κ3) is 3.70. The van der Waals surface area contributed by atoms with Crippen molar-refractivity contribution in [1.29, 1.82) is 0 Å². The van der Waals surface area contributed by atoms with Gasteiger partial charge in [0.15, 0.2) is 10.8 Å². The molecule has 1 aromatic heterocycles. The molecule has 1 heterocycles. The van der Waals surface area contributed by atoms with Gasteiger partial charge in [-0.1, -0.05) is 12.8 Å². The summed E-state index contributed by atoms with van der Waals surface area (Å²) in [5.74, 6) is 0.650. The first kappa shape index (κ1) is 13.3. The molecule has 1 N–H and O–H groups in total. The van der Waals surface area contributed by atoms with E-state index in [1.807, 2.05) is 6.92 Å². The number of anilines is 1. The van der Waals surface area contributed by atoms with Gasteiger partial charge >= 0.3 is 5.97 Å². The van der Waals surface area contributed by atoms with Crippen molar-refractivity contribution in [3.05, 3.63) is 10.6 Å². The number of hydrogen-bond donors (Lipinski definition) is 1. The van der Waals surface area contributed by atoms with Crippen molar-refractivity contribution in [2.75, 3.05) is 18.5 Å². The Labute approximate surface area is 112 Å². The minimum Gasteiger partial charge on any atom is -0.461 e. The van der Waals surface area contributed by atoms with Crippen LogP contribution in [0.25, 0.3) is 0 Å². The van der Waals surface area contributed by atoms with Gasteiger partial charge in [-0.05, 0) is 32.6 Å². The summed E-state index contributed by atoms with van der Waals surface area (Å²) in [4.78, 5) is 16.8. The molecule has 0 aromatic carbocycles. The zero-order valence-electron chi connectivity index (χ0n) is 11.0. The van der Waals surface area contributed by atoms with E-state index in [1.165, 1.54) is 37.0 Å². The predicted octanol–water partition coefficient (Wildman–Crippen LogP) is 3.23. The molecule has 1 aliphatic rings. The Balaban J connectivity index is 1.81. The minimum atomic E-state index is -0.322. The van der Waals surface area contributed by atoms with Crippen LogP contribution < -0.4 is 5.32 Å². The molecule has 0 atom stereocenters. The first-order chi connectivity index (χ1) is 8.70. The molecule has 1 aliphatic carbocycles. The third-order valence-electron chi connectivity index (χ3n) is 3.03. The zero-order chi connectivity index (χ0) is 13.0. The highest BCUT2D eigenvalue weighted by atomic mass is 32.1. The molecule has 0 amide bonds. The standard InChI is InChI=1S/C13H20N2O2S/c1-3-17-12(16)11-9(2)18-13(15-11)14-8-4-5-10-6-7-10/h10H,3-8H2,1-2H3,(H,14,15). The lowest BCUT2D eigenvalue weighted by atomic mass is 10.2. The van der Waals surface area contributed by atoms with Crippen LogP contribution in [-0.2, 0) is 4.74 Å². The molecule has 1 fully saturated rings. The second-order valence-electron chi connectivity index (χ2n) is 4.66. The number of aryl methyl sites for hydroxylation is 1. The van der Waals surface area contributed by atoms with Crippen LogP contribution in [0.15, 0.2) is 0 Å². The monoisotopic (exact) mass is 268 g/mol. The number of nitrogens with one attached hydrogen (secondary N) is 1. The van der Waals surface area contributed by atoms with E-state index in [0.29, 0.717) is 12.3 Å². The number of carbonyl (C=O) groups excluding carboxylic acids is 1. The van der Waals surface area contributed by atoms with E-state index in [2.05, 4.69) is 10.3 Å². The quantitative estimate of drug-likeness (QED) is 0.609. The number of thiazole rings is 1. The molecule has 4 nitrogen and oxygen atoms in total. The van der Waals surface area contributed by atoms with Gasteiger partial charge in [0, 0.05) is 11.4 Å². The number of esters is 1. The van der Waals surface area contributed by atoms with E-state index >= 15 is 0 Å². The van der Waals surface area contributed by atoms with E-state index in [-0.39, 0.29) is 5.97 Å². The summed E-state index contributed by atoms with van der Waals surface area (Å²) < 4.78 is 4.96. The fourth-order valence-corrected chi connectivity index (χ4v) is 2.68. The van der Waals surface area contributed by atoms with Gasteiger partial charge in [0.1, 0.15) is 0 Å². The maximum atomic E-state index is 11.6. The molecule has 0 saturated heterocycles. The minimum absolute atomic E-state index is 0.322. The van der Waals surface area contributed by atoms with Crippen molar-refractivity contribution in [3.8, 4) is 0 Å². The summed E-state index contributed by atoms with van der Waals surface area (Å²) in [6.07, 6.45) is 5.30. The summed E-state index contributed by atoms with van der Waals surface area (Å²) in [5, 5.41) is 4.11. The summed E-state index contributed by atoms with van der Waals surface area (Å²) in [7, 11) is 0. The van der Waals surface area contributed by atoms with E-state index < -0.39 is 0 Å². The summed E-state index contributed by atoms with van der Waals surface area (Å²) in [6, 6.07) is 0. The van der Waals surface area contributed by atoms with Gasteiger partial charge < -0.3 is 10.1 Å². The maximum absolute atomic E-state index is 11.6. The van der Waals surface area contributed by atoms with Crippen LogP contribution in [0, 0.1) is 12.8 Å². The Hall–Kier alpha value is -1.10. The number of nitrogens with zero attached hydrogens (tertiary/aromatic N) is 1. The van der Waals surface area contributed by atoms with Gasteiger partial charge in [0.2, 0.25) is 0 Å². The van der Waals surface area contributed by atoms with E-state index in [9.17, 15) is 4.79 Å². The number of ether oxygens (including phenoxy) is 1. The van der Waals surface area contributed by atoms with E-state index in [4.69, 9.17) is 4.74 Å². The third-order valence-corrected chi connectivity index (χ3v) is 3.96. The van der Waals surface area contributed by atoms with Crippen LogP contribution in [0.2, 0.25) is 0 Å². The highest BCUT2D eigenvalue weighted by molar-refractivity contribution is 7.15. The summed E-state index contributed by atoms with van der Waals surface area (Å²) in [6.45, 7) is 5.03. The second kappa shape index (κ2) is 6.18. The molecule has 100 valence electrons. The topological polar surface area (TPSA) is 51.2 Å². The SMILES string of the molecule is CCOC(=O)c1nc(NCCCC2CC2)sc1C. The van der Waals surface area contributed by atoms with Gasteiger partial charge in [0.25, 0.3) is 0 Å². The Morgan fingerprint density at radius 2 is 2.33 bits per heavy atom. The Bertz CT molecular complexity index is 413. The van der Waals surface area contributed by atoms with Crippen molar-refractivity contribution in [3.63, 3.8) is 0 Å². The van der Waals surface area contributed by atoms with Crippen LogP contribution in [0.3, 0.4) is 0 Å². The van der Waals surface area contributed by atoms with Gasteiger partial charge in [-0.2, -0.15) is 0 Å². The second-order valence-corrected chi connectivity index (χ2v) is 5.86. The molecule has 0 bridgehead atoms. The van der Waals surface area contributed by atoms with Crippen LogP contribution in [-0.4, -0.2) is 24.1 Å². The predicted molar refractivity (Wildman–Crippen MR) is 73.3 cm³/mol. The van der Waals surface area contributed by atoms with Crippen LogP contribution in [0.1, 0.15) is 48.0 Å². The van der Waals surface area contributed by atoms with Crippen molar-refractivity contribution < 1.29 is 9.53 Å². The van der Waals surface area contributed by atoms with Gasteiger partial charge in [-0.3, -0.25) is 0 Å². The first-order valence-corrected chi connectivity index (χ1v) is 7.40. The number of hydrogen-bond acceptors (Lipinski definition) is 5. The molecule has 5 heteroatoms. The van der Waals surface area contributed by atoms with Crippen LogP contribution >= 0.6 is 11.3 Å². The Kier molecular flexibility index (Phi) is 4.58. The van der Waals surface area contributed by atoms with Crippen molar-refractivity contribution in [2.45, 2.75) is 39.5 Å². The number of carbonyl (C=O) groups is 1. The van der Waals surface area contributed by atoms with Crippen LogP contribution in [0.4, 0.5) is 5.13 Å². The molecule has 18 heavy (non-hydrogen) atoms. The summed E-state index contributed by atoms with van der Waals surface area (Å²) in [5.41, 5.74) is 0.451. The Morgan fingerprint density at radius 1 is 1.56 bits per heavy atom. The molecule has 1 saturated carbocycles. The molecule has 0 spiro atoms. The summed E-state index contributed by atoms with van der Waals surface area (Å²) >= 11 is 1.52. The largest absolute Gasteiger partial charge is 0.461 e. The molecule has 0 unspecified atom stereocenters. The van der Waals surface area contributed by atoms with Gasteiger partial charge in [-0.25, -0.2) is 9.78 Å². The lowest BCUT2D eigenvalue weighted by Gasteiger charge is -2.01. The van der Waals surface area contributed by atoms with Crippen molar-refractivity contribution in [2.24, 2.45) is 5.92 Å². The average molecular weight is 268 g/mol. The smallest absolute Gasteiger partial charge is 0.358 e. The highest BCUT2D eigenvalue weighted by Gasteiger charge is 2.20. The van der Waals surface area contributed by atoms with Gasteiger partial charge in [-0.15, -0.1) is 11.3 Å².